The van der Waals surface area contributed by atoms with Crippen LogP contribution in [0.4, 0.5) is 0 Å². The minimum absolute atomic E-state index is 0.0622. The molecule has 0 bridgehead atoms. The lowest BCUT2D eigenvalue weighted by Gasteiger charge is -2.12. The molecule has 118 valence electrons. The lowest BCUT2D eigenvalue weighted by Crippen LogP contribution is -2.18. The summed E-state index contributed by atoms with van der Waals surface area (Å²) in [6.45, 7) is 5.94. The number of hydrogen-bond acceptors (Lipinski definition) is 4. The monoisotopic (exact) mass is 303 g/mol. The molecule has 0 radical (unpaired) electrons. The van der Waals surface area contributed by atoms with Crippen LogP contribution < -0.4 is 5.56 Å². The zero-order valence-corrected chi connectivity index (χ0v) is 13.2. The van der Waals surface area contributed by atoms with E-state index in [9.17, 15) is 14.7 Å². The molecule has 5 nitrogen and oxygen atoms in total. The van der Waals surface area contributed by atoms with Gasteiger partial charge < -0.3 is 14.8 Å². The Morgan fingerprint density at radius 3 is 2.68 bits per heavy atom. The highest BCUT2D eigenvalue weighted by molar-refractivity contribution is 5.91. The number of ether oxygens (including phenoxy) is 1. The number of carbonyl (C=O) groups excluding carboxylic acids is 1. The summed E-state index contributed by atoms with van der Waals surface area (Å²) in [5, 5.41) is 11.1. The number of H-pyrrole nitrogens is 1. The number of aryl methyl sites for hydroxylation is 2. The van der Waals surface area contributed by atoms with E-state index in [0.717, 1.165) is 24.0 Å². The molecule has 1 heterocycles. The van der Waals surface area contributed by atoms with E-state index in [2.05, 4.69) is 11.9 Å². The fourth-order valence-corrected chi connectivity index (χ4v) is 2.68. The van der Waals surface area contributed by atoms with E-state index in [0.29, 0.717) is 10.9 Å². The normalized spacial score (nSPS) is 10.9. The predicted molar refractivity (Wildman–Crippen MR) is 85.3 cm³/mol. The van der Waals surface area contributed by atoms with Crippen molar-refractivity contribution in [3.05, 3.63) is 39.2 Å². The third-order valence-corrected chi connectivity index (χ3v) is 3.56. The van der Waals surface area contributed by atoms with Crippen LogP contribution in [0.15, 0.2) is 16.9 Å². The van der Waals surface area contributed by atoms with E-state index in [1.165, 1.54) is 0 Å². The Balaban J connectivity index is 2.64. The fourth-order valence-electron chi connectivity index (χ4n) is 2.68. The average molecular weight is 303 g/mol. The van der Waals surface area contributed by atoms with Crippen LogP contribution in [-0.4, -0.2) is 22.7 Å². The van der Waals surface area contributed by atoms with E-state index in [1.54, 1.807) is 6.92 Å². The number of esters is 1. The van der Waals surface area contributed by atoms with Crippen molar-refractivity contribution in [3.63, 3.8) is 0 Å². The second kappa shape index (κ2) is 6.64. The zero-order valence-electron chi connectivity index (χ0n) is 13.2. The summed E-state index contributed by atoms with van der Waals surface area (Å²) in [6.07, 6.45) is 1.48. The van der Waals surface area contributed by atoms with Crippen LogP contribution in [0.5, 0.6) is 5.75 Å². The molecule has 2 aromatic rings. The molecular formula is C17H21NO4. The third kappa shape index (κ3) is 3.13. The van der Waals surface area contributed by atoms with Gasteiger partial charge in [-0.25, -0.2) is 0 Å². The van der Waals surface area contributed by atoms with Gasteiger partial charge in [0.05, 0.1) is 24.1 Å². The summed E-state index contributed by atoms with van der Waals surface area (Å²) in [5.74, 6) is -0.637. The van der Waals surface area contributed by atoms with Gasteiger partial charge in [0.15, 0.2) is 0 Å². The summed E-state index contributed by atoms with van der Waals surface area (Å²) in [4.78, 5) is 26.5. The summed E-state index contributed by atoms with van der Waals surface area (Å²) in [5.41, 5.74) is 2.19. The molecule has 0 aliphatic heterocycles. The minimum Gasteiger partial charge on any atom is -0.507 e. The number of rotatable bonds is 5. The average Bonchev–Trinajstić information content (AvgIpc) is 2.43. The van der Waals surface area contributed by atoms with Crippen molar-refractivity contribution in [2.75, 3.05) is 6.61 Å². The number of hydrogen-bond donors (Lipinski definition) is 2. The largest absolute Gasteiger partial charge is 0.507 e. The first kappa shape index (κ1) is 16.1. The van der Waals surface area contributed by atoms with Crippen LogP contribution >= 0.6 is 0 Å². The fraction of sp³-hybridized carbons (Fsp3) is 0.412. The number of benzene rings is 1. The number of carbonyl (C=O) groups is 1. The molecule has 0 unspecified atom stereocenters. The van der Waals surface area contributed by atoms with E-state index in [-0.39, 0.29) is 24.3 Å². The van der Waals surface area contributed by atoms with Crippen molar-refractivity contribution in [1.29, 1.82) is 0 Å². The van der Waals surface area contributed by atoms with Gasteiger partial charge in [0.25, 0.3) is 5.56 Å². The maximum absolute atomic E-state index is 12.2. The summed E-state index contributed by atoms with van der Waals surface area (Å²) in [7, 11) is 0. The smallest absolute Gasteiger partial charge is 0.310 e. The van der Waals surface area contributed by atoms with Gasteiger partial charge >= 0.3 is 5.97 Å². The molecule has 5 heteroatoms. The second-order valence-corrected chi connectivity index (χ2v) is 5.36. The molecule has 2 N–H and O–H groups in total. The molecule has 0 saturated heterocycles. The maximum atomic E-state index is 12.2. The van der Waals surface area contributed by atoms with Gasteiger partial charge in [-0.05, 0) is 37.5 Å². The van der Waals surface area contributed by atoms with Crippen molar-refractivity contribution in [3.8, 4) is 5.75 Å². The number of fused-ring (bicyclic) bond motifs is 1. The van der Waals surface area contributed by atoms with Crippen molar-refractivity contribution >= 4 is 16.9 Å². The van der Waals surface area contributed by atoms with Crippen LogP contribution in [-0.2, 0) is 22.4 Å². The Kier molecular flexibility index (Phi) is 4.85. The van der Waals surface area contributed by atoms with Crippen molar-refractivity contribution in [2.45, 2.75) is 40.0 Å². The number of aromatic amines is 1. The summed E-state index contributed by atoms with van der Waals surface area (Å²) in [6, 6.07) is 3.82. The molecular weight excluding hydrogens is 282 g/mol. The van der Waals surface area contributed by atoms with Gasteiger partial charge in [0.1, 0.15) is 5.75 Å². The molecule has 1 aromatic carbocycles. The van der Waals surface area contributed by atoms with Gasteiger partial charge in [-0.3, -0.25) is 9.59 Å². The van der Waals surface area contributed by atoms with Gasteiger partial charge in [-0.1, -0.05) is 19.4 Å². The van der Waals surface area contributed by atoms with Crippen molar-refractivity contribution in [2.24, 2.45) is 0 Å². The first-order chi connectivity index (χ1) is 10.5. The third-order valence-electron chi connectivity index (χ3n) is 3.56. The Hall–Kier alpha value is -2.30. The Morgan fingerprint density at radius 1 is 1.32 bits per heavy atom. The van der Waals surface area contributed by atoms with E-state index in [1.807, 2.05) is 19.1 Å². The van der Waals surface area contributed by atoms with Crippen LogP contribution in [0, 0.1) is 6.92 Å². The quantitative estimate of drug-likeness (QED) is 0.832. The van der Waals surface area contributed by atoms with Crippen LogP contribution in [0.1, 0.15) is 37.0 Å². The molecule has 0 saturated carbocycles. The minimum atomic E-state index is -0.521. The summed E-state index contributed by atoms with van der Waals surface area (Å²) < 4.78 is 4.86. The maximum Gasteiger partial charge on any atom is 0.310 e. The lowest BCUT2D eigenvalue weighted by molar-refractivity contribution is -0.142. The molecule has 0 fully saturated rings. The Labute approximate surface area is 128 Å². The van der Waals surface area contributed by atoms with Crippen LogP contribution in [0.2, 0.25) is 0 Å². The zero-order chi connectivity index (χ0) is 16.3. The Bertz CT molecular complexity index is 761. The van der Waals surface area contributed by atoms with Gasteiger partial charge in [-0.2, -0.15) is 0 Å². The van der Waals surface area contributed by atoms with Gasteiger partial charge in [0.2, 0.25) is 0 Å². The standard InChI is InChI=1S/C17H21NO4/c1-4-6-11-7-10(3)8-13-15(11)16(20)12(17(21)18-13)9-14(19)22-5-2/h7-8H,4-6,9H2,1-3H3,(H2,18,20,21). The number of aromatic nitrogens is 1. The second-order valence-electron chi connectivity index (χ2n) is 5.36. The first-order valence-corrected chi connectivity index (χ1v) is 7.50. The molecule has 0 spiro atoms. The number of nitrogens with one attached hydrogen (secondary N) is 1. The highest BCUT2D eigenvalue weighted by Crippen LogP contribution is 2.30. The van der Waals surface area contributed by atoms with Crippen LogP contribution in [0.25, 0.3) is 10.9 Å². The predicted octanol–water partition coefficient (Wildman–Crippen LogP) is 2.60. The van der Waals surface area contributed by atoms with Gasteiger partial charge in [0, 0.05) is 5.39 Å². The SMILES string of the molecule is CCCc1cc(C)cc2[nH]c(=O)c(CC(=O)OCC)c(O)c12. The molecule has 2 rings (SSSR count). The molecule has 0 aliphatic rings. The molecule has 0 atom stereocenters. The van der Waals surface area contributed by atoms with E-state index < -0.39 is 11.5 Å². The molecule has 0 aliphatic carbocycles. The van der Waals surface area contributed by atoms with E-state index >= 15 is 0 Å². The number of pyridine rings is 1. The van der Waals surface area contributed by atoms with Crippen molar-refractivity contribution in [1.82, 2.24) is 4.98 Å². The highest BCUT2D eigenvalue weighted by atomic mass is 16.5. The van der Waals surface area contributed by atoms with Crippen molar-refractivity contribution < 1.29 is 14.6 Å². The molecule has 1 aromatic heterocycles. The molecule has 0 amide bonds. The van der Waals surface area contributed by atoms with Crippen LogP contribution in [0.3, 0.4) is 0 Å². The molecule has 22 heavy (non-hydrogen) atoms. The number of aromatic hydroxyl groups is 1. The topological polar surface area (TPSA) is 79.4 Å². The van der Waals surface area contributed by atoms with Gasteiger partial charge in [-0.15, -0.1) is 0 Å². The van der Waals surface area contributed by atoms with E-state index in [4.69, 9.17) is 4.74 Å². The summed E-state index contributed by atoms with van der Waals surface area (Å²) >= 11 is 0. The Morgan fingerprint density at radius 2 is 2.05 bits per heavy atom. The first-order valence-electron chi connectivity index (χ1n) is 7.50. The lowest BCUT2D eigenvalue weighted by atomic mass is 9.98. The highest BCUT2D eigenvalue weighted by Gasteiger charge is 2.18.